The van der Waals surface area contributed by atoms with E-state index in [-0.39, 0.29) is 6.10 Å². The van der Waals surface area contributed by atoms with Crippen LogP contribution in [-0.2, 0) is 4.74 Å². The molecule has 1 saturated heterocycles. The minimum absolute atomic E-state index is 0.0721. The molecule has 2 rings (SSSR count). The first-order chi connectivity index (χ1) is 9.13. The fraction of sp³-hybridized carbons (Fsp3) is 0.538. The molecule has 1 unspecified atom stereocenters. The highest BCUT2D eigenvalue weighted by Gasteiger charge is 2.26. The molecule has 6 heteroatoms. The Morgan fingerprint density at radius 2 is 2.37 bits per heavy atom. The highest BCUT2D eigenvalue weighted by molar-refractivity contribution is 5.63. The highest BCUT2D eigenvalue weighted by Crippen LogP contribution is 2.31. The molecule has 5 nitrogen and oxygen atoms in total. The first kappa shape index (κ1) is 13.7. The van der Waals surface area contributed by atoms with Crippen molar-refractivity contribution in [2.24, 2.45) is 0 Å². The van der Waals surface area contributed by atoms with Crippen LogP contribution in [0.15, 0.2) is 18.2 Å². The van der Waals surface area contributed by atoms with Crippen LogP contribution >= 0.6 is 0 Å². The Hall–Kier alpha value is -1.69. The maximum Gasteiger partial charge on any atom is 0.327 e. The molecule has 0 amide bonds. The van der Waals surface area contributed by atoms with Gasteiger partial charge in [-0.15, -0.1) is 0 Å². The molecule has 0 aliphatic carbocycles. The number of rotatable bonds is 5. The third-order valence-corrected chi connectivity index (χ3v) is 3.32. The molecule has 0 radical (unpaired) electrons. The van der Waals surface area contributed by atoms with Crippen molar-refractivity contribution < 1.29 is 14.1 Å². The molecule has 1 fully saturated rings. The molecule has 0 bridgehead atoms. The zero-order chi connectivity index (χ0) is 13.8. The third-order valence-electron chi connectivity index (χ3n) is 3.32. The second-order valence-corrected chi connectivity index (χ2v) is 4.54. The first-order valence-corrected chi connectivity index (χ1v) is 6.43. The van der Waals surface area contributed by atoms with Crippen molar-refractivity contribution in [1.82, 2.24) is 0 Å². The van der Waals surface area contributed by atoms with E-state index in [1.165, 1.54) is 6.07 Å². The van der Waals surface area contributed by atoms with Crippen molar-refractivity contribution >= 4 is 11.4 Å². The minimum Gasteiger partial charge on any atom is -0.376 e. The van der Waals surface area contributed by atoms with Crippen molar-refractivity contribution in [2.75, 3.05) is 24.6 Å². The molecule has 1 aliphatic heterocycles. The normalized spacial score (nSPS) is 18.5. The predicted octanol–water partition coefficient (Wildman–Crippen LogP) is 2.74. The lowest BCUT2D eigenvalue weighted by molar-refractivity contribution is -0.386. The molecule has 104 valence electrons. The summed E-state index contributed by atoms with van der Waals surface area (Å²) >= 11 is 0. The van der Waals surface area contributed by atoms with Crippen molar-refractivity contribution in [3.63, 3.8) is 0 Å². The largest absolute Gasteiger partial charge is 0.376 e. The van der Waals surface area contributed by atoms with Gasteiger partial charge >= 0.3 is 5.69 Å². The summed E-state index contributed by atoms with van der Waals surface area (Å²) in [4.78, 5) is 12.1. The van der Waals surface area contributed by atoms with Gasteiger partial charge in [-0.3, -0.25) is 10.1 Å². The zero-order valence-electron chi connectivity index (χ0n) is 10.8. The number of ether oxygens (including phenoxy) is 1. The Kier molecular flexibility index (Phi) is 4.31. The number of likely N-dealkylation sites (N-methyl/N-ethyl adjacent to an activating group) is 1. The smallest absolute Gasteiger partial charge is 0.327 e. The first-order valence-electron chi connectivity index (χ1n) is 6.43. The van der Waals surface area contributed by atoms with Crippen LogP contribution < -0.4 is 4.90 Å². The lowest BCUT2D eigenvalue weighted by atomic mass is 10.2. The summed E-state index contributed by atoms with van der Waals surface area (Å²) in [6.07, 6.45) is 2.02. The van der Waals surface area contributed by atoms with Gasteiger partial charge in [0.05, 0.1) is 11.0 Å². The number of halogens is 1. The molecule has 0 aromatic heterocycles. The van der Waals surface area contributed by atoms with Crippen molar-refractivity contribution in [2.45, 2.75) is 25.9 Å². The summed E-state index contributed by atoms with van der Waals surface area (Å²) in [7, 11) is 0. The molecule has 1 aliphatic rings. The number of hydrogen-bond acceptors (Lipinski definition) is 4. The average molecular weight is 268 g/mol. The fourth-order valence-electron chi connectivity index (χ4n) is 2.37. The molecule has 0 spiro atoms. The number of nitro benzene ring substituents is 1. The Labute approximate surface area is 111 Å². The summed E-state index contributed by atoms with van der Waals surface area (Å²) in [6, 6.07) is 4.19. The molecular formula is C13H17FN2O3. The standard InChI is InChI=1S/C13H17FN2O3/c1-2-15(9-10-5-4-8-19-10)12-7-3-6-11(14)13(12)16(17)18/h3,6-7,10H,2,4-5,8-9H2,1H3. The predicted molar refractivity (Wildman–Crippen MR) is 69.9 cm³/mol. The molecule has 0 N–H and O–H groups in total. The van der Waals surface area contributed by atoms with Crippen molar-refractivity contribution in [1.29, 1.82) is 0 Å². The Balaban J connectivity index is 2.26. The summed E-state index contributed by atoms with van der Waals surface area (Å²) in [5.74, 6) is -0.798. The quantitative estimate of drug-likeness (QED) is 0.608. The van der Waals surface area contributed by atoms with E-state index in [1.807, 2.05) is 6.92 Å². The summed E-state index contributed by atoms with van der Waals surface area (Å²) in [6.45, 7) is 3.75. The molecule has 1 aromatic carbocycles. The number of nitrogens with zero attached hydrogens (tertiary/aromatic N) is 2. The molecule has 1 atom stereocenters. The van der Waals surface area contributed by atoms with E-state index in [9.17, 15) is 14.5 Å². The van der Waals surface area contributed by atoms with Crippen LogP contribution in [0.3, 0.4) is 0 Å². The van der Waals surface area contributed by atoms with Crippen molar-refractivity contribution in [3.05, 3.63) is 34.1 Å². The van der Waals surface area contributed by atoms with Crippen LogP contribution in [0.25, 0.3) is 0 Å². The van der Waals surface area contributed by atoms with E-state index in [2.05, 4.69) is 0 Å². The van der Waals surface area contributed by atoms with E-state index in [0.29, 0.717) is 18.8 Å². The second kappa shape index (κ2) is 5.97. The van der Waals surface area contributed by atoms with Gasteiger partial charge in [0.1, 0.15) is 5.69 Å². The molecule has 1 heterocycles. The molecular weight excluding hydrogens is 251 g/mol. The van der Waals surface area contributed by atoms with Gasteiger partial charge < -0.3 is 9.64 Å². The van der Waals surface area contributed by atoms with Crippen LogP contribution in [-0.4, -0.2) is 30.7 Å². The maximum absolute atomic E-state index is 13.6. The third kappa shape index (κ3) is 3.01. The SMILES string of the molecule is CCN(CC1CCCO1)c1cccc(F)c1[N+](=O)[O-]. The molecule has 1 aromatic rings. The number of anilines is 1. The maximum atomic E-state index is 13.6. The monoisotopic (exact) mass is 268 g/mol. The van der Waals surface area contributed by atoms with Gasteiger partial charge in [0.2, 0.25) is 5.82 Å². The van der Waals surface area contributed by atoms with Gasteiger partial charge in [-0.05, 0) is 31.9 Å². The fourth-order valence-corrected chi connectivity index (χ4v) is 2.37. The van der Waals surface area contributed by atoms with Crippen LogP contribution in [0.4, 0.5) is 15.8 Å². The molecule has 0 saturated carbocycles. The lowest BCUT2D eigenvalue weighted by Crippen LogP contribution is -2.32. The van der Waals surface area contributed by atoms with E-state index in [1.54, 1.807) is 11.0 Å². The Bertz CT molecular complexity index is 461. The van der Waals surface area contributed by atoms with Gasteiger partial charge in [0, 0.05) is 19.7 Å². The van der Waals surface area contributed by atoms with E-state index < -0.39 is 16.4 Å². The van der Waals surface area contributed by atoms with Crippen molar-refractivity contribution in [3.8, 4) is 0 Å². The van der Waals surface area contributed by atoms with Crippen LogP contribution in [0.2, 0.25) is 0 Å². The summed E-state index contributed by atoms with van der Waals surface area (Å²) < 4.78 is 19.1. The average Bonchev–Trinajstić information content (AvgIpc) is 2.88. The van der Waals surface area contributed by atoms with Gasteiger partial charge in [-0.25, -0.2) is 0 Å². The Morgan fingerprint density at radius 1 is 1.58 bits per heavy atom. The van der Waals surface area contributed by atoms with Gasteiger partial charge in [0.25, 0.3) is 0 Å². The molecule has 19 heavy (non-hydrogen) atoms. The Morgan fingerprint density at radius 3 is 2.95 bits per heavy atom. The topological polar surface area (TPSA) is 55.6 Å². The number of hydrogen-bond donors (Lipinski definition) is 0. The van der Waals surface area contributed by atoms with E-state index in [4.69, 9.17) is 4.74 Å². The summed E-state index contributed by atoms with van der Waals surface area (Å²) in [5, 5.41) is 11.0. The van der Waals surface area contributed by atoms with Crippen LogP contribution in [0.5, 0.6) is 0 Å². The van der Waals surface area contributed by atoms with Gasteiger partial charge in [0.15, 0.2) is 0 Å². The van der Waals surface area contributed by atoms with Gasteiger partial charge in [-0.1, -0.05) is 6.07 Å². The number of benzene rings is 1. The van der Waals surface area contributed by atoms with Gasteiger partial charge in [-0.2, -0.15) is 4.39 Å². The van der Waals surface area contributed by atoms with Crippen LogP contribution in [0.1, 0.15) is 19.8 Å². The van der Waals surface area contributed by atoms with E-state index in [0.717, 1.165) is 25.5 Å². The number of para-hydroxylation sites is 1. The second-order valence-electron chi connectivity index (χ2n) is 4.54. The zero-order valence-corrected chi connectivity index (χ0v) is 10.8. The lowest BCUT2D eigenvalue weighted by Gasteiger charge is -2.25. The number of nitro groups is 1. The van der Waals surface area contributed by atoms with Crippen LogP contribution in [0, 0.1) is 15.9 Å². The highest BCUT2D eigenvalue weighted by atomic mass is 19.1. The summed E-state index contributed by atoms with van der Waals surface area (Å²) in [5.41, 5.74) is -0.134. The minimum atomic E-state index is -0.798. The van der Waals surface area contributed by atoms with E-state index >= 15 is 0 Å².